The van der Waals surface area contributed by atoms with Crippen molar-refractivity contribution in [2.75, 3.05) is 0 Å². The molecule has 29 heavy (non-hydrogen) atoms. The van der Waals surface area contributed by atoms with Gasteiger partial charge in [0.25, 0.3) is 0 Å². The Balaban J connectivity index is 1.88. The third-order valence-corrected chi connectivity index (χ3v) is 11.4. The average molecular weight is 402 g/mol. The molecule has 2 aromatic rings. The van der Waals surface area contributed by atoms with Crippen molar-refractivity contribution < 1.29 is 0 Å². The van der Waals surface area contributed by atoms with Crippen LogP contribution >= 0.6 is 0 Å². The van der Waals surface area contributed by atoms with Crippen molar-refractivity contribution in [3.05, 3.63) is 83.6 Å². The lowest BCUT2D eigenvalue weighted by atomic mass is 9.96. The van der Waals surface area contributed by atoms with E-state index in [0.29, 0.717) is 6.04 Å². The summed E-state index contributed by atoms with van der Waals surface area (Å²) in [5.74, 6) is 0. The molecule has 0 aliphatic heterocycles. The van der Waals surface area contributed by atoms with Crippen LogP contribution in [0, 0.1) is 0 Å². The molecule has 0 amide bonds. The molecule has 2 heteroatoms. The second-order valence-electron chi connectivity index (χ2n) is 8.68. The Morgan fingerprint density at radius 1 is 0.862 bits per heavy atom. The first kappa shape index (κ1) is 20.4. The van der Waals surface area contributed by atoms with Crippen LogP contribution in [0.5, 0.6) is 0 Å². The zero-order chi connectivity index (χ0) is 19.9. The highest BCUT2D eigenvalue weighted by molar-refractivity contribution is 7.05. The van der Waals surface area contributed by atoms with E-state index >= 15 is 0 Å². The smallest absolute Gasteiger partial charge is 0.219 e. The summed E-state index contributed by atoms with van der Waals surface area (Å²) in [6, 6.07) is 23.4. The molecule has 0 saturated heterocycles. The molecule has 0 heterocycles. The van der Waals surface area contributed by atoms with E-state index in [1.54, 1.807) is 10.8 Å². The van der Waals surface area contributed by atoms with Gasteiger partial charge in [0.1, 0.15) is 0 Å². The Morgan fingerprint density at radius 3 is 2.07 bits per heavy atom. The molecular formula is C27H35NSi. The van der Waals surface area contributed by atoms with Gasteiger partial charge in [-0.05, 0) is 42.5 Å². The number of hydrogen-bond acceptors (Lipinski definition) is 1. The van der Waals surface area contributed by atoms with Crippen molar-refractivity contribution in [1.82, 2.24) is 4.98 Å². The van der Waals surface area contributed by atoms with Crippen molar-refractivity contribution in [3.8, 4) is 0 Å². The Hall–Kier alpha value is -1.90. The fourth-order valence-corrected chi connectivity index (χ4v) is 10.2. The minimum atomic E-state index is -2.25. The van der Waals surface area contributed by atoms with Crippen LogP contribution in [-0.4, -0.2) is 14.3 Å². The Morgan fingerprint density at radius 2 is 1.48 bits per heavy atom. The normalized spacial score (nSPS) is 17.8. The van der Waals surface area contributed by atoms with E-state index in [0.717, 1.165) is 6.42 Å². The third-order valence-electron chi connectivity index (χ3n) is 6.72. The SMILES string of the molecule is CCCCC1=C([Si](NC2CCCCC2)(c2ccccc2)c2ccccc2)CC=C1. The van der Waals surface area contributed by atoms with Crippen molar-refractivity contribution in [2.24, 2.45) is 0 Å². The quantitative estimate of drug-likeness (QED) is 0.563. The van der Waals surface area contributed by atoms with Gasteiger partial charge in [-0.25, -0.2) is 0 Å². The number of rotatable bonds is 8. The van der Waals surface area contributed by atoms with Gasteiger partial charge in [0.2, 0.25) is 8.24 Å². The highest BCUT2D eigenvalue weighted by atomic mass is 28.3. The van der Waals surface area contributed by atoms with Gasteiger partial charge in [0, 0.05) is 6.04 Å². The van der Waals surface area contributed by atoms with E-state index in [-0.39, 0.29) is 0 Å². The van der Waals surface area contributed by atoms with Crippen LogP contribution in [0.1, 0.15) is 64.7 Å². The van der Waals surface area contributed by atoms with Gasteiger partial charge < -0.3 is 4.98 Å². The summed E-state index contributed by atoms with van der Waals surface area (Å²) in [6.07, 6.45) is 16.5. The van der Waals surface area contributed by atoms with Crippen LogP contribution in [0.4, 0.5) is 0 Å². The zero-order valence-electron chi connectivity index (χ0n) is 17.9. The van der Waals surface area contributed by atoms with Crippen molar-refractivity contribution in [3.63, 3.8) is 0 Å². The predicted octanol–water partition coefficient (Wildman–Crippen LogP) is 5.65. The molecule has 2 aromatic carbocycles. The standard InChI is InChI=1S/C27H35NSi/c1-2-3-14-23-15-13-22-27(23)29(25-18-9-5-10-19-25,26-20-11-6-12-21-26)28-24-16-7-4-8-17-24/h5-6,9-13,15,18-21,24,28H,2-4,7-8,14,16-17,22H2,1H3. The van der Waals surface area contributed by atoms with E-state index in [2.05, 4.69) is 84.7 Å². The van der Waals surface area contributed by atoms with Crippen LogP contribution < -0.4 is 15.4 Å². The second-order valence-corrected chi connectivity index (χ2v) is 12.2. The van der Waals surface area contributed by atoms with Gasteiger partial charge in [-0.2, -0.15) is 0 Å². The average Bonchev–Trinajstić information content (AvgIpc) is 3.27. The summed E-state index contributed by atoms with van der Waals surface area (Å²) in [5, 5.41) is 4.74. The topological polar surface area (TPSA) is 12.0 Å². The van der Waals surface area contributed by atoms with Gasteiger partial charge >= 0.3 is 0 Å². The largest absolute Gasteiger partial charge is 0.324 e. The van der Waals surface area contributed by atoms with Gasteiger partial charge in [-0.1, -0.05) is 116 Å². The molecule has 2 aliphatic rings. The van der Waals surface area contributed by atoms with Crippen LogP contribution in [0.25, 0.3) is 0 Å². The van der Waals surface area contributed by atoms with Crippen LogP contribution in [0.3, 0.4) is 0 Å². The molecule has 2 aliphatic carbocycles. The number of unbranched alkanes of at least 4 members (excludes halogenated alkanes) is 1. The summed E-state index contributed by atoms with van der Waals surface area (Å²) in [4.78, 5) is 4.39. The first-order valence-corrected chi connectivity index (χ1v) is 13.6. The van der Waals surface area contributed by atoms with E-state index < -0.39 is 8.24 Å². The number of allylic oxidation sites excluding steroid dienone is 4. The molecule has 0 aromatic heterocycles. The highest BCUT2D eigenvalue weighted by Gasteiger charge is 2.44. The molecule has 0 atom stereocenters. The van der Waals surface area contributed by atoms with Gasteiger partial charge in [0.05, 0.1) is 0 Å². The van der Waals surface area contributed by atoms with Crippen molar-refractivity contribution >= 4 is 18.6 Å². The molecule has 0 radical (unpaired) electrons. The van der Waals surface area contributed by atoms with E-state index in [1.165, 1.54) is 61.7 Å². The summed E-state index contributed by atoms with van der Waals surface area (Å²) >= 11 is 0. The fourth-order valence-electron chi connectivity index (χ4n) is 5.24. The Bertz CT molecular complexity index is 792. The molecule has 1 nitrogen and oxygen atoms in total. The van der Waals surface area contributed by atoms with Crippen LogP contribution in [0.2, 0.25) is 0 Å². The van der Waals surface area contributed by atoms with Gasteiger partial charge in [-0.15, -0.1) is 0 Å². The maximum Gasteiger partial charge on any atom is 0.219 e. The molecule has 152 valence electrons. The first-order valence-electron chi connectivity index (χ1n) is 11.6. The molecule has 0 spiro atoms. The van der Waals surface area contributed by atoms with Gasteiger partial charge in [-0.3, -0.25) is 0 Å². The number of hydrogen-bond donors (Lipinski definition) is 1. The van der Waals surface area contributed by atoms with Crippen molar-refractivity contribution in [2.45, 2.75) is 70.8 Å². The lowest BCUT2D eigenvalue weighted by Gasteiger charge is -2.40. The summed E-state index contributed by atoms with van der Waals surface area (Å²) in [7, 11) is -2.25. The maximum atomic E-state index is 4.39. The summed E-state index contributed by atoms with van der Waals surface area (Å²) in [5.41, 5.74) is 1.61. The van der Waals surface area contributed by atoms with E-state index in [1.807, 2.05) is 0 Å². The maximum absolute atomic E-state index is 4.39. The molecule has 0 unspecified atom stereocenters. The van der Waals surface area contributed by atoms with Crippen molar-refractivity contribution in [1.29, 1.82) is 0 Å². The van der Waals surface area contributed by atoms with Crippen LogP contribution in [0.15, 0.2) is 83.6 Å². The first-order chi connectivity index (χ1) is 14.3. The molecule has 1 N–H and O–H groups in total. The van der Waals surface area contributed by atoms with Gasteiger partial charge in [0.15, 0.2) is 0 Å². The third kappa shape index (κ3) is 4.34. The molecule has 0 bridgehead atoms. The molecule has 1 saturated carbocycles. The lowest BCUT2D eigenvalue weighted by molar-refractivity contribution is 0.416. The fraction of sp³-hybridized carbons (Fsp3) is 0.407. The number of benzene rings is 2. The molecular weight excluding hydrogens is 366 g/mol. The molecule has 1 fully saturated rings. The summed E-state index contributed by atoms with van der Waals surface area (Å²) in [6.45, 7) is 2.30. The minimum absolute atomic E-state index is 0.636. The highest BCUT2D eigenvalue weighted by Crippen LogP contribution is 2.31. The van der Waals surface area contributed by atoms with E-state index in [4.69, 9.17) is 0 Å². The second kappa shape index (κ2) is 9.73. The monoisotopic (exact) mass is 401 g/mol. The number of nitrogens with one attached hydrogen (secondary N) is 1. The minimum Gasteiger partial charge on any atom is -0.324 e. The Labute approximate surface area is 178 Å². The van der Waals surface area contributed by atoms with Crippen LogP contribution in [-0.2, 0) is 0 Å². The molecule has 4 rings (SSSR count). The predicted molar refractivity (Wildman–Crippen MR) is 128 cm³/mol. The van der Waals surface area contributed by atoms with E-state index in [9.17, 15) is 0 Å². The Kier molecular flexibility index (Phi) is 6.84. The summed E-state index contributed by atoms with van der Waals surface area (Å²) < 4.78 is 0. The zero-order valence-corrected chi connectivity index (χ0v) is 18.9. The lowest BCUT2D eigenvalue weighted by Crippen LogP contribution is -2.72.